The molecular formula is C8H11N3. The van der Waals surface area contributed by atoms with Crippen LogP contribution in [0.15, 0.2) is 23.3 Å². The van der Waals surface area contributed by atoms with Gasteiger partial charge >= 0.3 is 0 Å². The van der Waals surface area contributed by atoms with E-state index in [4.69, 9.17) is 0 Å². The van der Waals surface area contributed by atoms with E-state index < -0.39 is 0 Å². The summed E-state index contributed by atoms with van der Waals surface area (Å²) in [5.41, 5.74) is 0.935. The highest BCUT2D eigenvalue weighted by Crippen LogP contribution is 2.19. The lowest BCUT2D eigenvalue weighted by Gasteiger charge is -2.03. The highest BCUT2D eigenvalue weighted by molar-refractivity contribution is 5.62. The maximum absolute atomic E-state index is 4.02. The van der Waals surface area contributed by atoms with E-state index in [0.29, 0.717) is 5.82 Å². The van der Waals surface area contributed by atoms with Crippen LogP contribution >= 0.6 is 0 Å². The number of pyridine rings is 1. The Morgan fingerprint density at radius 2 is 2.55 bits per heavy atom. The Balaban J connectivity index is 2.92. The molecule has 11 heavy (non-hydrogen) atoms. The molecule has 0 atom stereocenters. The van der Waals surface area contributed by atoms with Gasteiger partial charge in [-0.25, -0.2) is 9.98 Å². The number of aliphatic imine (C=N–C) groups is 1. The average molecular weight is 149 g/mol. The molecule has 0 saturated heterocycles. The highest BCUT2D eigenvalue weighted by Gasteiger charge is 1.96. The van der Waals surface area contributed by atoms with Crippen molar-refractivity contribution in [1.29, 1.82) is 0 Å². The molecule has 0 saturated carbocycles. The molecule has 0 aromatic carbocycles. The number of hydrogen-bond acceptors (Lipinski definition) is 3. The van der Waals surface area contributed by atoms with Crippen molar-refractivity contribution in [3.05, 3.63) is 18.3 Å². The fourth-order valence-corrected chi connectivity index (χ4v) is 0.851. The molecule has 1 aromatic heterocycles. The van der Waals surface area contributed by atoms with Gasteiger partial charge < -0.3 is 5.32 Å². The second-order valence-corrected chi connectivity index (χ2v) is 2.06. The van der Waals surface area contributed by atoms with Crippen LogP contribution in [-0.4, -0.2) is 18.2 Å². The lowest BCUT2D eigenvalue weighted by atomic mass is 10.4. The van der Waals surface area contributed by atoms with E-state index >= 15 is 0 Å². The summed E-state index contributed by atoms with van der Waals surface area (Å²) in [5.74, 6) is 0.661. The Bertz CT molecular complexity index is 245. The van der Waals surface area contributed by atoms with Crippen molar-refractivity contribution < 1.29 is 0 Å². The van der Waals surface area contributed by atoms with Crippen molar-refractivity contribution in [2.45, 2.75) is 6.92 Å². The summed E-state index contributed by atoms with van der Waals surface area (Å²) in [4.78, 5) is 7.79. The zero-order chi connectivity index (χ0) is 8.10. The van der Waals surface area contributed by atoms with Gasteiger partial charge in [-0.1, -0.05) is 0 Å². The van der Waals surface area contributed by atoms with Crippen LogP contribution in [-0.2, 0) is 0 Å². The minimum atomic E-state index is 0.661. The second kappa shape index (κ2) is 3.71. The summed E-state index contributed by atoms with van der Waals surface area (Å²) in [7, 11) is 0. The predicted octanol–water partition coefficient (Wildman–Crippen LogP) is 1.85. The van der Waals surface area contributed by atoms with Gasteiger partial charge in [-0.05, 0) is 25.8 Å². The van der Waals surface area contributed by atoms with Crippen LogP contribution in [0.25, 0.3) is 0 Å². The van der Waals surface area contributed by atoms with Gasteiger partial charge in [0, 0.05) is 12.7 Å². The zero-order valence-corrected chi connectivity index (χ0v) is 6.54. The first-order chi connectivity index (χ1) is 5.38. The van der Waals surface area contributed by atoms with E-state index in [1.807, 2.05) is 19.1 Å². The first kappa shape index (κ1) is 7.72. The largest absolute Gasteiger partial charge is 0.382 e. The maximum atomic E-state index is 4.02. The fraction of sp³-hybridized carbons (Fsp3) is 0.250. The van der Waals surface area contributed by atoms with Crippen LogP contribution in [0.4, 0.5) is 11.5 Å². The summed E-state index contributed by atoms with van der Waals surface area (Å²) in [6.07, 6.45) is 1.70. The molecule has 0 aliphatic carbocycles. The van der Waals surface area contributed by atoms with Gasteiger partial charge in [0.2, 0.25) is 0 Å². The Hall–Kier alpha value is -1.38. The minimum Gasteiger partial charge on any atom is -0.382 e. The monoisotopic (exact) mass is 149 g/mol. The molecule has 1 N–H and O–H groups in total. The minimum absolute atomic E-state index is 0.661. The van der Waals surface area contributed by atoms with Gasteiger partial charge in [-0.15, -0.1) is 0 Å². The Labute approximate surface area is 66.2 Å². The van der Waals surface area contributed by atoms with Crippen LogP contribution in [0.3, 0.4) is 0 Å². The lowest BCUT2D eigenvalue weighted by Crippen LogP contribution is -1.96. The van der Waals surface area contributed by atoms with Crippen molar-refractivity contribution in [2.75, 3.05) is 11.9 Å². The summed E-state index contributed by atoms with van der Waals surface area (Å²) in [6, 6.07) is 3.80. The highest BCUT2D eigenvalue weighted by atomic mass is 15.0. The molecule has 3 nitrogen and oxygen atoms in total. The number of nitrogens with one attached hydrogen (secondary N) is 1. The van der Waals surface area contributed by atoms with Crippen molar-refractivity contribution >= 4 is 18.2 Å². The molecule has 0 unspecified atom stereocenters. The lowest BCUT2D eigenvalue weighted by molar-refractivity contribution is 1.18. The smallest absolute Gasteiger partial charge is 0.174 e. The van der Waals surface area contributed by atoms with Gasteiger partial charge in [0.1, 0.15) is 0 Å². The van der Waals surface area contributed by atoms with E-state index in [0.717, 1.165) is 12.2 Å². The normalized spacial score (nSPS) is 9.18. The average Bonchev–Trinajstić information content (AvgIpc) is 2.06. The molecule has 0 amide bonds. The third-order valence-electron chi connectivity index (χ3n) is 1.30. The summed E-state index contributed by atoms with van der Waals surface area (Å²) in [6.45, 7) is 6.32. The molecule has 1 rings (SSSR count). The zero-order valence-electron chi connectivity index (χ0n) is 6.54. The van der Waals surface area contributed by atoms with Crippen LogP contribution in [0.1, 0.15) is 6.92 Å². The molecule has 0 aliphatic rings. The van der Waals surface area contributed by atoms with Crippen LogP contribution in [0, 0.1) is 0 Å². The number of nitrogens with zero attached hydrogens (tertiary/aromatic N) is 2. The number of rotatable bonds is 3. The summed E-state index contributed by atoms with van der Waals surface area (Å²) < 4.78 is 0. The molecule has 1 heterocycles. The molecule has 0 radical (unpaired) electrons. The second-order valence-electron chi connectivity index (χ2n) is 2.06. The third-order valence-corrected chi connectivity index (χ3v) is 1.30. The Morgan fingerprint density at radius 3 is 3.18 bits per heavy atom. The van der Waals surface area contributed by atoms with Crippen LogP contribution < -0.4 is 5.32 Å². The van der Waals surface area contributed by atoms with E-state index in [2.05, 4.69) is 22.0 Å². The topological polar surface area (TPSA) is 37.3 Å². The van der Waals surface area contributed by atoms with Gasteiger partial charge in [0.25, 0.3) is 0 Å². The maximum Gasteiger partial charge on any atom is 0.174 e. The first-order valence-corrected chi connectivity index (χ1v) is 3.54. The number of aromatic nitrogens is 1. The molecule has 0 spiro atoms. The van der Waals surface area contributed by atoms with Gasteiger partial charge in [-0.2, -0.15) is 0 Å². The third kappa shape index (κ3) is 1.77. The molecule has 1 aromatic rings. The molecule has 0 aliphatic heterocycles. The van der Waals surface area contributed by atoms with Crippen molar-refractivity contribution in [1.82, 2.24) is 4.98 Å². The van der Waals surface area contributed by atoms with Crippen molar-refractivity contribution in [3.8, 4) is 0 Å². The summed E-state index contributed by atoms with van der Waals surface area (Å²) >= 11 is 0. The van der Waals surface area contributed by atoms with E-state index in [9.17, 15) is 0 Å². The number of anilines is 1. The number of hydrogen-bond donors (Lipinski definition) is 1. The molecule has 0 fully saturated rings. The molecule has 58 valence electrons. The van der Waals surface area contributed by atoms with E-state index in [1.54, 1.807) is 6.20 Å². The summed E-state index contributed by atoms with van der Waals surface area (Å²) in [5, 5.41) is 3.13. The Morgan fingerprint density at radius 1 is 1.73 bits per heavy atom. The van der Waals surface area contributed by atoms with Crippen LogP contribution in [0.2, 0.25) is 0 Å². The SMILES string of the molecule is C=Nc1ncccc1NCC. The van der Waals surface area contributed by atoms with E-state index in [-0.39, 0.29) is 0 Å². The Kier molecular flexibility index (Phi) is 2.60. The van der Waals surface area contributed by atoms with Crippen molar-refractivity contribution in [2.24, 2.45) is 4.99 Å². The first-order valence-electron chi connectivity index (χ1n) is 3.54. The van der Waals surface area contributed by atoms with E-state index in [1.165, 1.54) is 0 Å². The molecule has 3 heteroatoms. The van der Waals surface area contributed by atoms with Gasteiger partial charge in [0.05, 0.1) is 5.69 Å². The van der Waals surface area contributed by atoms with Crippen molar-refractivity contribution in [3.63, 3.8) is 0 Å². The predicted molar refractivity (Wildman–Crippen MR) is 47.6 cm³/mol. The standard InChI is InChI=1S/C8H11N3/c1-3-10-7-5-4-6-11-8(7)9-2/h4-6,10H,2-3H2,1H3. The fourth-order valence-electron chi connectivity index (χ4n) is 0.851. The quantitative estimate of drug-likeness (QED) is 0.666. The molecule has 0 bridgehead atoms. The van der Waals surface area contributed by atoms with Crippen LogP contribution in [0.5, 0.6) is 0 Å². The van der Waals surface area contributed by atoms with Gasteiger partial charge in [0.15, 0.2) is 5.82 Å². The van der Waals surface area contributed by atoms with Gasteiger partial charge in [-0.3, -0.25) is 0 Å². The molecular weight excluding hydrogens is 138 g/mol.